The van der Waals surface area contributed by atoms with Crippen LogP contribution in [0.2, 0.25) is 0 Å². The number of hydrogen-bond acceptors (Lipinski definition) is 2. The number of nitrogens with one attached hydrogen (secondary N) is 1. The minimum atomic E-state index is 0. The molecular weight excluding hydrogens is 403 g/mol. The number of guanidine groups is 1. The molecule has 0 unspecified atom stereocenters. The van der Waals surface area contributed by atoms with Crippen LogP contribution < -0.4 is 11.1 Å². The Kier molecular flexibility index (Phi) is 8.98. The minimum absolute atomic E-state index is 0. The molecule has 0 spiro atoms. The molecule has 0 radical (unpaired) electrons. The smallest absolute Gasteiger partial charge is 0.222 e. The number of carbonyl (C=O) groups is 1. The average molecular weight is 430 g/mol. The molecular formula is C17H27IN4O. The van der Waals surface area contributed by atoms with Gasteiger partial charge in [0.25, 0.3) is 0 Å². The summed E-state index contributed by atoms with van der Waals surface area (Å²) in [6.07, 6.45) is 4.85. The van der Waals surface area contributed by atoms with Gasteiger partial charge in [0.05, 0.1) is 0 Å². The lowest BCUT2D eigenvalue weighted by Gasteiger charge is -2.19. The fourth-order valence-corrected chi connectivity index (χ4v) is 2.65. The van der Waals surface area contributed by atoms with Crippen LogP contribution in [0.4, 0.5) is 5.69 Å². The molecule has 1 aliphatic heterocycles. The number of amides is 1. The number of nitrogens with zero attached hydrogens (tertiary/aromatic N) is 2. The number of aliphatic imine (C=N–C) groups is 1. The Hall–Kier alpha value is -1.31. The molecule has 0 bridgehead atoms. The second-order valence-electron chi connectivity index (χ2n) is 5.81. The van der Waals surface area contributed by atoms with E-state index in [1.807, 2.05) is 36.1 Å². The Balaban J connectivity index is 0.00000264. The third-order valence-electron chi connectivity index (χ3n) is 3.83. The van der Waals surface area contributed by atoms with E-state index >= 15 is 0 Å². The van der Waals surface area contributed by atoms with Gasteiger partial charge in [-0.25, -0.2) is 0 Å². The summed E-state index contributed by atoms with van der Waals surface area (Å²) in [6.45, 7) is 4.34. The van der Waals surface area contributed by atoms with E-state index in [9.17, 15) is 4.79 Å². The van der Waals surface area contributed by atoms with Crippen LogP contribution in [0, 0.1) is 6.92 Å². The highest BCUT2D eigenvalue weighted by atomic mass is 127. The van der Waals surface area contributed by atoms with Crippen molar-refractivity contribution in [1.29, 1.82) is 0 Å². The summed E-state index contributed by atoms with van der Waals surface area (Å²) in [6, 6.07) is 8.01. The van der Waals surface area contributed by atoms with Gasteiger partial charge in [-0.15, -0.1) is 24.0 Å². The normalized spacial score (nSPS) is 15.8. The van der Waals surface area contributed by atoms with Gasteiger partial charge in [0.2, 0.25) is 5.91 Å². The Bertz CT molecular complexity index is 533. The van der Waals surface area contributed by atoms with Gasteiger partial charge in [0.1, 0.15) is 0 Å². The van der Waals surface area contributed by atoms with E-state index in [0.717, 1.165) is 44.5 Å². The van der Waals surface area contributed by atoms with Crippen LogP contribution in [0.3, 0.4) is 0 Å². The van der Waals surface area contributed by atoms with Crippen LogP contribution in [-0.2, 0) is 4.79 Å². The fraction of sp³-hybridized carbons (Fsp3) is 0.529. The Labute approximate surface area is 155 Å². The van der Waals surface area contributed by atoms with E-state index in [1.54, 1.807) is 0 Å². The van der Waals surface area contributed by atoms with Crippen molar-refractivity contribution in [2.24, 2.45) is 10.7 Å². The molecule has 1 fully saturated rings. The average Bonchev–Trinajstić information content (AvgIpc) is 2.68. The van der Waals surface area contributed by atoms with Gasteiger partial charge in [-0.2, -0.15) is 0 Å². The van der Waals surface area contributed by atoms with Gasteiger partial charge in [0.15, 0.2) is 5.96 Å². The lowest BCUT2D eigenvalue weighted by molar-refractivity contribution is -0.130. The number of aryl methyl sites for hydroxylation is 1. The number of carbonyl (C=O) groups excluding carboxylic acids is 1. The SMILES string of the molecule is Cc1cccc(NC(N)=NCCCN2CCCCCC2=O)c1.I. The summed E-state index contributed by atoms with van der Waals surface area (Å²) >= 11 is 0. The number of hydrogen-bond donors (Lipinski definition) is 2. The first kappa shape index (κ1) is 19.7. The van der Waals surface area contributed by atoms with Crippen LogP contribution in [0.1, 0.15) is 37.7 Å². The third-order valence-corrected chi connectivity index (χ3v) is 3.83. The molecule has 0 saturated carbocycles. The largest absolute Gasteiger partial charge is 0.370 e. The highest BCUT2D eigenvalue weighted by Crippen LogP contribution is 2.11. The number of likely N-dealkylation sites (tertiary alicyclic amines) is 1. The van der Waals surface area contributed by atoms with Crippen molar-refractivity contribution in [3.8, 4) is 0 Å². The molecule has 1 saturated heterocycles. The Morgan fingerprint density at radius 1 is 1.35 bits per heavy atom. The Morgan fingerprint density at radius 2 is 2.17 bits per heavy atom. The predicted octanol–water partition coefficient (Wildman–Crippen LogP) is 3.13. The van der Waals surface area contributed by atoms with Crippen molar-refractivity contribution in [2.45, 2.75) is 39.0 Å². The fourth-order valence-electron chi connectivity index (χ4n) is 2.65. The summed E-state index contributed by atoms with van der Waals surface area (Å²) in [4.78, 5) is 18.2. The van der Waals surface area contributed by atoms with Crippen molar-refractivity contribution in [2.75, 3.05) is 25.0 Å². The topological polar surface area (TPSA) is 70.7 Å². The standard InChI is InChI=1S/C17H26N4O.HI/c1-14-7-5-8-15(13-14)20-17(18)19-10-6-12-21-11-4-2-3-9-16(21)22;/h5,7-8,13H,2-4,6,9-12H2,1H3,(H3,18,19,20);1H. The van der Waals surface area contributed by atoms with E-state index in [-0.39, 0.29) is 29.9 Å². The maximum atomic E-state index is 11.9. The molecule has 0 aromatic heterocycles. The molecule has 2 rings (SSSR count). The van der Waals surface area contributed by atoms with Gasteiger partial charge in [-0.05, 0) is 43.9 Å². The van der Waals surface area contributed by atoms with Gasteiger partial charge in [-0.1, -0.05) is 18.6 Å². The van der Waals surface area contributed by atoms with E-state index in [4.69, 9.17) is 5.73 Å². The molecule has 6 heteroatoms. The number of benzene rings is 1. The monoisotopic (exact) mass is 430 g/mol. The molecule has 1 amide bonds. The van der Waals surface area contributed by atoms with Crippen LogP contribution >= 0.6 is 24.0 Å². The maximum Gasteiger partial charge on any atom is 0.222 e. The summed E-state index contributed by atoms with van der Waals surface area (Å²) in [5, 5.41) is 3.09. The van der Waals surface area contributed by atoms with Crippen molar-refractivity contribution in [3.63, 3.8) is 0 Å². The first-order valence-electron chi connectivity index (χ1n) is 8.06. The zero-order valence-electron chi connectivity index (χ0n) is 13.8. The molecule has 23 heavy (non-hydrogen) atoms. The zero-order chi connectivity index (χ0) is 15.8. The molecule has 1 aromatic rings. The Morgan fingerprint density at radius 3 is 2.96 bits per heavy atom. The van der Waals surface area contributed by atoms with Gasteiger partial charge in [-0.3, -0.25) is 9.79 Å². The van der Waals surface area contributed by atoms with E-state index in [2.05, 4.69) is 10.3 Å². The van der Waals surface area contributed by atoms with Crippen molar-refractivity contribution in [1.82, 2.24) is 4.90 Å². The number of nitrogens with two attached hydrogens (primary N) is 1. The van der Waals surface area contributed by atoms with Crippen molar-refractivity contribution < 1.29 is 4.79 Å². The molecule has 0 aliphatic carbocycles. The third kappa shape index (κ3) is 7.20. The summed E-state index contributed by atoms with van der Waals surface area (Å²) in [7, 11) is 0. The lowest BCUT2D eigenvalue weighted by atomic mass is 10.2. The van der Waals surface area contributed by atoms with Crippen LogP contribution in [-0.4, -0.2) is 36.4 Å². The molecule has 1 aliphatic rings. The number of rotatable bonds is 5. The number of anilines is 1. The molecule has 5 nitrogen and oxygen atoms in total. The van der Waals surface area contributed by atoms with Crippen LogP contribution in [0.25, 0.3) is 0 Å². The second-order valence-corrected chi connectivity index (χ2v) is 5.81. The van der Waals surface area contributed by atoms with Crippen LogP contribution in [0.15, 0.2) is 29.3 Å². The summed E-state index contributed by atoms with van der Waals surface area (Å²) < 4.78 is 0. The first-order chi connectivity index (χ1) is 10.6. The number of halogens is 1. The molecule has 1 aromatic carbocycles. The van der Waals surface area contributed by atoms with E-state index in [1.165, 1.54) is 5.56 Å². The van der Waals surface area contributed by atoms with Gasteiger partial charge >= 0.3 is 0 Å². The highest BCUT2D eigenvalue weighted by Gasteiger charge is 2.15. The molecule has 128 valence electrons. The van der Waals surface area contributed by atoms with E-state index in [0.29, 0.717) is 18.9 Å². The zero-order valence-corrected chi connectivity index (χ0v) is 16.1. The van der Waals surface area contributed by atoms with Crippen molar-refractivity contribution in [3.05, 3.63) is 29.8 Å². The second kappa shape index (κ2) is 10.5. The van der Waals surface area contributed by atoms with Crippen molar-refractivity contribution >= 4 is 41.5 Å². The molecule has 0 atom stereocenters. The summed E-state index contributed by atoms with van der Waals surface area (Å²) in [5.74, 6) is 0.708. The predicted molar refractivity (Wildman–Crippen MR) is 106 cm³/mol. The molecule has 1 heterocycles. The maximum absolute atomic E-state index is 11.9. The van der Waals surface area contributed by atoms with Gasteiger partial charge in [0, 0.05) is 31.7 Å². The van der Waals surface area contributed by atoms with Crippen LogP contribution in [0.5, 0.6) is 0 Å². The highest BCUT2D eigenvalue weighted by molar-refractivity contribution is 14.0. The quantitative estimate of drug-likeness (QED) is 0.326. The van der Waals surface area contributed by atoms with Gasteiger partial charge < -0.3 is 16.0 Å². The minimum Gasteiger partial charge on any atom is -0.370 e. The van der Waals surface area contributed by atoms with E-state index < -0.39 is 0 Å². The molecule has 3 N–H and O–H groups in total. The first-order valence-corrected chi connectivity index (χ1v) is 8.06. The summed E-state index contributed by atoms with van der Waals surface area (Å²) in [5.41, 5.74) is 8.01. The lowest BCUT2D eigenvalue weighted by Crippen LogP contribution is -2.31.